The van der Waals surface area contributed by atoms with Crippen molar-refractivity contribution in [2.24, 2.45) is 5.41 Å². The van der Waals surface area contributed by atoms with Gasteiger partial charge in [-0.05, 0) is 42.5 Å². The van der Waals surface area contributed by atoms with Gasteiger partial charge in [0.05, 0.1) is 12.9 Å². The topological polar surface area (TPSA) is 159 Å². The van der Waals surface area contributed by atoms with Gasteiger partial charge in [0.15, 0.2) is 35.0 Å². The zero-order chi connectivity index (χ0) is 35.2. The molecule has 5 rings (SSSR count). The number of benzene rings is 2. The lowest BCUT2D eigenvalue weighted by molar-refractivity contribution is -0.202. The first-order valence-electron chi connectivity index (χ1n) is 15.1. The van der Waals surface area contributed by atoms with Crippen molar-refractivity contribution >= 4 is 58.1 Å². The Bertz CT molecular complexity index is 1870. The molecule has 48 heavy (non-hydrogen) atoms. The summed E-state index contributed by atoms with van der Waals surface area (Å²) in [5.41, 5.74) is 3.20. The molecule has 0 spiro atoms. The summed E-state index contributed by atoms with van der Waals surface area (Å²) in [6.07, 6.45) is -2.92. The molecule has 13 nitrogen and oxygen atoms in total. The van der Waals surface area contributed by atoms with Gasteiger partial charge in [0, 0.05) is 19.5 Å². The summed E-state index contributed by atoms with van der Waals surface area (Å²) in [4.78, 5) is 27.2. The highest BCUT2D eigenvalue weighted by atomic mass is 32.5. The number of nitrogen functional groups attached to an aromatic ring is 1. The lowest BCUT2D eigenvalue weighted by atomic mass is 9.97. The van der Waals surface area contributed by atoms with E-state index < -0.39 is 49.1 Å². The maximum Gasteiger partial charge on any atom is 0.323 e. The molecule has 0 bridgehead atoms. The normalized spacial score (nSPS) is 24.8. The van der Waals surface area contributed by atoms with Gasteiger partial charge in [-0.15, -0.1) is 0 Å². The third kappa shape index (κ3) is 7.24. The number of hydrogen-bond acceptors (Lipinski definition) is 12. The smallest absolute Gasteiger partial charge is 0.323 e. The fraction of sp³-hybridized carbons (Fsp3) is 0.484. The molecule has 0 amide bonds. The van der Waals surface area contributed by atoms with Crippen LogP contribution in [0.25, 0.3) is 21.9 Å². The standard InChI is InChI=1S/C31H40F2N7O6PS/c1-18(25(41)43-15-29(2,3)4)38-47(48,46-21-14-10-12-19-11-8-9-13-20(19)21)44-16-31(33)26(42)30(5,32)27(45-31)40-17-35-22-23(39(6)7)36-28(34)37-24(22)40/h8-14,17-18,26-27,42H,15-16H2,1-7H3,(H,38,48)(H2,34,36,37)/t18-,26+,27-,30-,31-,47?/m1/s1. The molecule has 0 radical (unpaired) electrons. The number of aromatic nitrogens is 4. The average Bonchev–Trinajstić information content (AvgIpc) is 3.50. The second-order valence-electron chi connectivity index (χ2n) is 13.3. The number of alkyl halides is 2. The first kappa shape index (κ1) is 35.8. The van der Waals surface area contributed by atoms with Gasteiger partial charge >= 0.3 is 12.6 Å². The Morgan fingerprint density at radius 3 is 2.60 bits per heavy atom. The van der Waals surface area contributed by atoms with Crippen molar-refractivity contribution in [3.05, 3.63) is 48.8 Å². The number of rotatable bonds is 11. The van der Waals surface area contributed by atoms with Crippen LogP contribution in [-0.2, 0) is 30.6 Å². The molecule has 1 fully saturated rings. The van der Waals surface area contributed by atoms with E-state index in [1.54, 1.807) is 43.3 Å². The monoisotopic (exact) mass is 707 g/mol. The molecule has 3 heterocycles. The molecular formula is C31H40F2N7O6PS. The number of anilines is 2. The van der Waals surface area contributed by atoms with Crippen LogP contribution >= 0.6 is 6.64 Å². The van der Waals surface area contributed by atoms with Gasteiger partial charge < -0.3 is 34.3 Å². The lowest BCUT2D eigenvalue weighted by Gasteiger charge is -2.30. The van der Waals surface area contributed by atoms with Gasteiger partial charge in [-0.1, -0.05) is 57.2 Å². The number of carbonyl (C=O) groups excluding carboxylic acids is 1. The molecule has 4 aromatic rings. The Hall–Kier alpha value is -3.53. The average molecular weight is 708 g/mol. The summed E-state index contributed by atoms with van der Waals surface area (Å²) in [7, 11) is 3.42. The second kappa shape index (κ2) is 13.1. The number of ether oxygens (including phenoxy) is 2. The molecule has 260 valence electrons. The van der Waals surface area contributed by atoms with Gasteiger partial charge in [0.2, 0.25) is 5.95 Å². The molecule has 6 atom stereocenters. The van der Waals surface area contributed by atoms with Crippen molar-refractivity contribution in [1.82, 2.24) is 24.6 Å². The van der Waals surface area contributed by atoms with E-state index in [0.29, 0.717) is 17.0 Å². The van der Waals surface area contributed by atoms with Crippen LogP contribution in [0.5, 0.6) is 5.75 Å². The first-order chi connectivity index (χ1) is 22.3. The predicted molar refractivity (Wildman–Crippen MR) is 181 cm³/mol. The number of nitrogens with two attached hydrogens (primary N) is 1. The summed E-state index contributed by atoms with van der Waals surface area (Å²) in [5, 5.41) is 15.4. The highest BCUT2D eigenvalue weighted by Crippen LogP contribution is 2.53. The molecule has 1 unspecified atom stereocenters. The quantitative estimate of drug-likeness (QED) is 0.144. The van der Waals surface area contributed by atoms with Crippen LogP contribution < -0.4 is 20.2 Å². The number of halogens is 2. The highest BCUT2D eigenvalue weighted by molar-refractivity contribution is 8.09. The Labute approximate surface area is 282 Å². The van der Waals surface area contributed by atoms with Crippen molar-refractivity contribution in [2.75, 3.05) is 37.9 Å². The Balaban J connectivity index is 1.45. The third-order valence-corrected chi connectivity index (χ3v) is 10.0. The van der Waals surface area contributed by atoms with Crippen molar-refractivity contribution in [1.29, 1.82) is 0 Å². The number of aliphatic hydroxyl groups is 1. The zero-order valence-corrected chi connectivity index (χ0v) is 29.4. The van der Waals surface area contributed by atoms with Crippen LogP contribution in [0.4, 0.5) is 20.5 Å². The molecule has 0 saturated carbocycles. The molecule has 1 aliphatic heterocycles. The fourth-order valence-electron chi connectivity index (χ4n) is 5.14. The summed E-state index contributed by atoms with van der Waals surface area (Å²) in [6.45, 7) is 3.41. The van der Waals surface area contributed by atoms with E-state index in [9.17, 15) is 9.90 Å². The van der Waals surface area contributed by atoms with E-state index in [4.69, 9.17) is 36.1 Å². The number of hydrogen-bond donors (Lipinski definition) is 3. The maximum atomic E-state index is 16.7. The van der Waals surface area contributed by atoms with E-state index in [-0.39, 0.29) is 29.1 Å². The van der Waals surface area contributed by atoms with E-state index in [1.165, 1.54) is 13.3 Å². The summed E-state index contributed by atoms with van der Waals surface area (Å²) in [6, 6.07) is 11.5. The minimum absolute atomic E-state index is 0.0612. The van der Waals surface area contributed by atoms with E-state index in [0.717, 1.165) is 16.9 Å². The highest BCUT2D eigenvalue weighted by Gasteiger charge is 2.65. The summed E-state index contributed by atoms with van der Waals surface area (Å²) < 4.78 is 57.3. The maximum absolute atomic E-state index is 16.7. The van der Waals surface area contributed by atoms with Gasteiger partial charge in [0.1, 0.15) is 18.4 Å². The number of esters is 1. The molecule has 1 aliphatic rings. The van der Waals surface area contributed by atoms with Crippen LogP contribution in [0.1, 0.15) is 40.8 Å². The molecule has 2 aromatic carbocycles. The Morgan fingerprint density at radius 2 is 1.92 bits per heavy atom. The largest absolute Gasteiger partial charge is 0.464 e. The Morgan fingerprint density at radius 1 is 1.23 bits per heavy atom. The van der Waals surface area contributed by atoms with Gasteiger partial charge in [-0.2, -0.15) is 9.97 Å². The fourth-order valence-corrected chi connectivity index (χ4v) is 7.53. The van der Waals surface area contributed by atoms with Crippen LogP contribution in [0.3, 0.4) is 0 Å². The summed E-state index contributed by atoms with van der Waals surface area (Å²) in [5.74, 6) is -3.27. The SMILES string of the molecule is C[C@@H](NP(=S)(OC[C@@]1(F)O[C@@H](n2cnc3c(N(C)C)nc(N)nc32)[C@](C)(F)[C@@H]1O)Oc1cccc2ccccc12)C(=O)OCC(C)(C)C. The molecule has 2 aromatic heterocycles. The van der Waals surface area contributed by atoms with Crippen molar-refractivity contribution in [3.63, 3.8) is 0 Å². The van der Waals surface area contributed by atoms with Crippen LogP contribution in [0.15, 0.2) is 48.8 Å². The molecule has 0 aliphatic carbocycles. The van der Waals surface area contributed by atoms with Crippen LogP contribution in [0.2, 0.25) is 0 Å². The van der Waals surface area contributed by atoms with Crippen molar-refractivity contribution < 1.29 is 37.2 Å². The molecular weight excluding hydrogens is 667 g/mol. The van der Waals surface area contributed by atoms with Crippen molar-refractivity contribution in [3.8, 4) is 5.75 Å². The Kier molecular flexibility index (Phi) is 9.74. The van der Waals surface area contributed by atoms with Gasteiger partial charge in [-0.25, -0.2) is 18.9 Å². The number of imidazole rings is 1. The van der Waals surface area contributed by atoms with E-state index in [1.807, 2.05) is 39.0 Å². The minimum Gasteiger partial charge on any atom is -0.464 e. The van der Waals surface area contributed by atoms with E-state index >= 15 is 8.78 Å². The third-order valence-electron chi connectivity index (χ3n) is 7.58. The minimum atomic E-state index is -3.86. The number of fused-ring (bicyclic) bond motifs is 2. The first-order valence-corrected chi connectivity index (χ1v) is 17.7. The van der Waals surface area contributed by atoms with E-state index in [2.05, 4.69) is 20.0 Å². The molecule has 1 saturated heterocycles. The zero-order valence-electron chi connectivity index (χ0n) is 27.7. The summed E-state index contributed by atoms with van der Waals surface area (Å²) >= 11 is 5.80. The van der Waals surface area contributed by atoms with Gasteiger partial charge in [-0.3, -0.25) is 9.36 Å². The second-order valence-corrected chi connectivity index (χ2v) is 16.4. The number of carbonyl (C=O) groups is 1. The molecule has 4 N–H and O–H groups in total. The van der Waals surface area contributed by atoms with Crippen LogP contribution in [-0.4, -0.2) is 81.6 Å². The number of nitrogens with one attached hydrogen (secondary N) is 1. The van der Waals surface area contributed by atoms with Crippen LogP contribution in [0, 0.1) is 5.41 Å². The number of nitrogens with zero attached hydrogens (tertiary/aromatic N) is 5. The predicted octanol–water partition coefficient (Wildman–Crippen LogP) is 4.80. The lowest BCUT2D eigenvalue weighted by Crippen LogP contribution is -2.47. The van der Waals surface area contributed by atoms with Crippen molar-refractivity contribution in [2.45, 2.75) is 64.5 Å². The molecule has 17 heteroatoms. The number of aliphatic hydroxyl groups excluding tert-OH is 1. The van der Waals surface area contributed by atoms with Gasteiger partial charge in [0.25, 0.3) is 5.85 Å².